The summed E-state index contributed by atoms with van der Waals surface area (Å²) >= 11 is 0. The van der Waals surface area contributed by atoms with Gasteiger partial charge in [0.2, 0.25) is 5.91 Å². The molecule has 0 radical (unpaired) electrons. The molecule has 0 saturated heterocycles. The number of ether oxygens (including phenoxy) is 2. The highest BCUT2D eigenvalue weighted by Crippen LogP contribution is 2.29. The van der Waals surface area contributed by atoms with Crippen LogP contribution in [0.2, 0.25) is 0 Å². The minimum atomic E-state index is -0.514. The van der Waals surface area contributed by atoms with Crippen molar-refractivity contribution < 1.29 is 19.2 Å². The zero-order chi connectivity index (χ0) is 18.2. The van der Waals surface area contributed by atoms with E-state index in [1.54, 1.807) is 0 Å². The van der Waals surface area contributed by atoms with Crippen molar-refractivity contribution in [3.8, 4) is 11.5 Å². The van der Waals surface area contributed by atoms with Gasteiger partial charge in [0.1, 0.15) is 11.5 Å². The maximum atomic E-state index is 12.1. The van der Waals surface area contributed by atoms with Crippen molar-refractivity contribution in [1.29, 1.82) is 0 Å². The Balaban J connectivity index is 1.94. The first-order chi connectivity index (χ1) is 12.0. The highest BCUT2D eigenvalue weighted by Gasteiger charge is 2.13. The number of anilines is 1. The Morgan fingerprint density at radius 2 is 1.92 bits per heavy atom. The molecule has 0 aliphatic carbocycles. The Morgan fingerprint density at radius 1 is 1.20 bits per heavy atom. The van der Waals surface area contributed by atoms with Crippen LogP contribution in [0.4, 0.5) is 11.4 Å². The van der Waals surface area contributed by atoms with Crippen molar-refractivity contribution in [3.63, 3.8) is 0 Å². The van der Waals surface area contributed by atoms with Crippen molar-refractivity contribution in [3.05, 3.63) is 58.1 Å². The molecule has 0 saturated carbocycles. The molecular weight excluding hydrogens is 324 g/mol. The highest BCUT2D eigenvalue weighted by molar-refractivity contribution is 5.92. The summed E-state index contributed by atoms with van der Waals surface area (Å²) in [5, 5.41) is 13.5. The molecule has 0 bridgehead atoms. The lowest BCUT2D eigenvalue weighted by Gasteiger charge is -2.10. The molecule has 0 aliphatic rings. The van der Waals surface area contributed by atoms with E-state index in [9.17, 15) is 14.9 Å². The van der Waals surface area contributed by atoms with Crippen LogP contribution in [0.3, 0.4) is 0 Å². The molecule has 0 atom stereocenters. The van der Waals surface area contributed by atoms with Crippen LogP contribution in [0, 0.1) is 10.1 Å². The van der Waals surface area contributed by atoms with E-state index in [1.165, 1.54) is 25.3 Å². The van der Waals surface area contributed by atoms with Crippen molar-refractivity contribution in [2.24, 2.45) is 0 Å². The molecule has 0 fully saturated rings. The van der Waals surface area contributed by atoms with Crippen molar-refractivity contribution in [2.45, 2.75) is 19.8 Å². The SMILES string of the molecule is CCOc1ccc(CCC(=O)Nc2ccc([N+](=O)[O-])cc2OC)cc1. The van der Waals surface area contributed by atoms with Crippen LogP contribution in [-0.2, 0) is 11.2 Å². The molecule has 2 rings (SSSR count). The zero-order valence-corrected chi connectivity index (χ0v) is 14.2. The number of carbonyl (C=O) groups is 1. The standard InChI is InChI=1S/C18H20N2O5/c1-3-25-15-8-4-13(5-9-15)6-11-18(21)19-16-10-7-14(20(22)23)12-17(16)24-2/h4-5,7-10,12H,3,6,11H2,1-2H3,(H,19,21). The van der Waals surface area contributed by atoms with Crippen LogP contribution in [0.25, 0.3) is 0 Å². The fraction of sp³-hybridized carbons (Fsp3) is 0.278. The lowest BCUT2D eigenvalue weighted by molar-refractivity contribution is -0.384. The number of rotatable bonds is 8. The van der Waals surface area contributed by atoms with E-state index < -0.39 is 4.92 Å². The van der Waals surface area contributed by atoms with E-state index >= 15 is 0 Å². The third-order valence-electron chi connectivity index (χ3n) is 3.55. The van der Waals surface area contributed by atoms with Crippen LogP contribution >= 0.6 is 0 Å². The molecule has 7 nitrogen and oxygen atoms in total. The molecule has 2 aromatic carbocycles. The van der Waals surface area contributed by atoms with E-state index in [1.807, 2.05) is 31.2 Å². The topological polar surface area (TPSA) is 90.7 Å². The van der Waals surface area contributed by atoms with Gasteiger partial charge in [-0.1, -0.05) is 12.1 Å². The number of nitrogens with zero attached hydrogens (tertiary/aromatic N) is 1. The Kier molecular flexibility index (Phi) is 6.33. The van der Waals surface area contributed by atoms with Gasteiger partial charge in [-0.05, 0) is 37.1 Å². The predicted octanol–water partition coefficient (Wildman–Crippen LogP) is 3.57. The smallest absolute Gasteiger partial charge is 0.273 e. The van der Waals surface area contributed by atoms with E-state index in [0.29, 0.717) is 18.7 Å². The number of carbonyl (C=O) groups excluding carboxylic acids is 1. The maximum absolute atomic E-state index is 12.1. The number of nitro groups is 1. The monoisotopic (exact) mass is 344 g/mol. The van der Waals surface area contributed by atoms with Gasteiger partial charge in [-0.25, -0.2) is 0 Å². The van der Waals surface area contributed by atoms with Gasteiger partial charge in [-0.2, -0.15) is 0 Å². The van der Waals surface area contributed by atoms with Gasteiger partial charge >= 0.3 is 0 Å². The van der Waals surface area contributed by atoms with Crippen LogP contribution in [0.1, 0.15) is 18.9 Å². The molecule has 2 aromatic rings. The number of hydrogen-bond donors (Lipinski definition) is 1. The second kappa shape index (κ2) is 8.68. The molecule has 0 aromatic heterocycles. The third-order valence-corrected chi connectivity index (χ3v) is 3.55. The zero-order valence-electron chi connectivity index (χ0n) is 14.2. The van der Waals surface area contributed by atoms with E-state index in [2.05, 4.69) is 5.32 Å². The molecule has 0 unspecified atom stereocenters. The quantitative estimate of drug-likeness (QED) is 0.584. The van der Waals surface area contributed by atoms with Crippen LogP contribution in [0.5, 0.6) is 11.5 Å². The number of non-ortho nitro benzene ring substituents is 1. The average molecular weight is 344 g/mol. The van der Waals surface area contributed by atoms with Gasteiger partial charge in [0.25, 0.3) is 5.69 Å². The molecule has 25 heavy (non-hydrogen) atoms. The highest BCUT2D eigenvalue weighted by atomic mass is 16.6. The van der Waals surface area contributed by atoms with Gasteiger partial charge < -0.3 is 14.8 Å². The summed E-state index contributed by atoms with van der Waals surface area (Å²) < 4.78 is 10.5. The number of hydrogen-bond acceptors (Lipinski definition) is 5. The second-order valence-electron chi connectivity index (χ2n) is 5.27. The lowest BCUT2D eigenvalue weighted by atomic mass is 10.1. The van der Waals surface area contributed by atoms with Crippen molar-refractivity contribution >= 4 is 17.3 Å². The van der Waals surface area contributed by atoms with E-state index in [0.717, 1.165) is 11.3 Å². The first-order valence-electron chi connectivity index (χ1n) is 7.87. The summed E-state index contributed by atoms with van der Waals surface area (Å²) in [7, 11) is 1.40. The molecule has 0 aliphatic heterocycles. The fourth-order valence-corrected chi connectivity index (χ4v) is 2.29. The number of nitro benzene ring substituents is 1. The largest absolute Gasteiger partial charge is 0.494 e. The number of nitrogens with one attached hydrogen (secondary N) is 1. The molecule has 0 spiro atoms. The molecular formula is C18H20N2O5. The number of methoxy groups -OCH3 is 1. The second-order valence-corrected chi connectivity index (χ2v) is 5.27. The maximum Gasteiger partial charge on any atom is 0.273 e. The van der Waals surface area contributed by atoms with Gasteiger partial charge in [-0.3, -0.25) is 14.9 Å². The number of amides is 1. The summed E-state index contributed by atoms with van der Waals surface area (Å²) in [5.41, 5.74) is 1.34. The Morgan fingerprint density at radius 3 is 2.52 bits per heavy atom. The van der Waals surface area contributed by atoms with Gasteiger partial charge in [-0.15, -0.1) is 0 Å². The Bertz CT molecular complexity index is 744. The average Bonchev–Trinajstić information content (AvgIpc) is 2.61. The fourth-order valence-electron chi connectivity index (χ4n) is 2.29. The van der Waals surface area contributed by atoms with Crippen molar-refractivity contribution in [2.75, 3.05) is 19.0 Å². The van der Waals surface area contributed by atoms with Crippen LogP contribution in [-0.4, -0.2) is 24.5 Å². The molecule has 7 heteroatoms. The summed E-state index contributed by atoms with van der Waals surface area (Å²) in [5.74, 6) is 0.857. The summed E-state index contributed by atoms with van der Waals surface area (Å²) in [4.78, 5) is 22.4. The van der Waals surface area contributed by atoms with Crippen molar-refractivity contribution in [1.82, 2.24) is 0 Å². The third kappa shape index (κ3) is 5.20. The van der Waals surface area contributed by atoms with E-state index in [4.69, 9.17) is 9.47 Å². The first-order valence-corrected chi connectivity index (χ1v) is 7.87. The molecule has 132 valence electrons. The first kappa shape index (κ1) is 18.3. The van der Waals surface area contributed by atoms with Gasteiger partial charge in [0.15, 0.2) is 0 Å². The van der Waals surface area contributed by atoms with Gasteiger partial charge in [0, 0.05) is 12.5 Å². The predicted molar refractivity (Wildman–Crippen MR) is 94.2 cm³/mol. The minimum Gasteiger partial charge on any atom is -0.494 e. The van der Waals surface area contributed by atoms with E-state index in [-0.39, 0.29) is 23.8 Å². The van der Waals surface area contributed by atoms with Crippen LogP contribution in [0.15, 0.2) is 42.5 Å². The Hall–Kier alpha value is -3.09. The summed E-state index contributed by atoms with van der Waals surface area (Å²) in [6.45, 7) is 2.53. The summed E-state index contributed by atoms with van der Waals surface area (Å²) in [6, 6.07) is 11.7. The number of aryl methyl sites for hydroxylation is 1. The molecule has 1 amide bonds. The Labute approximate surface area is 145 Å². The minimum absolute atomic E-state index is 0.0933. The normalized spacial score (nSPS) is 10.2. The number of benzene rings is 2. The lowest BCUT2D eigenvalue weighted by Crippen LogP contribution is -2.13. The van der Waals surface area contributed by atoms with Gasteiger partial charge in [0.05, 0.1) is 30.4 Å². The van der Waals surface area contributed by atoms with Crippen LogP contribution < -0.4 is 14.8 Å². The molecule has 0 heterocycles. The summed E-state index contributed by atoms with van der Waals surface area (Å²) in [6.07, 6.45) is 0.863. The molecule has 1 N–H and O–H groups in total.